The summed E-state index contributed by atoms with van der Waals surface area (Å²) in [5.41, 5.74) is 2.13. The number of furan rings is 1. The Morgan fingerprint density at radius 1 is 1.22 bits per heavy atom. The highest BCUT2D eigenvalue weighted by Gasteiger charge is 2.03. The van der Waals surface area contributed by atoms with E-state index in [-0.39, 0.29) is 0 Å². The second-order valence-electron chi connectivity index (χ2n) is 3.78. The van der Waals surface area contributed by atoms with Gasteiger partial charge in [-0.1, -0.05) is 0 Å². The van der Waals surface area contributed by atoms with Crippen molar-refractivity contribution < 1.29 is 8.83 Å². The van der Waals surface area contributed by atoms with E-state index in [1.165, 1.54) is 0 Å². The molecule has 2 N–H and O–H groups in total. The molecule has 0 aliphatic rings. The van der Waals surface area contributed by atoms with E-state index in [9.17, 15) is 4.79 Å². The van der Waals surface area contributed by atoms with Crippen molar-refractivity contribution >= 4 is 39.4 Å². The van der Waals surface area contributed by atoms with Crippen molar-refractivity contribution in [1.82, 2.24) is 4.98 Å². The number of rotatable bonds is 3. The number of aromatic amines is 1. The van der Waals surface area contributed by atoms with Crippen molar-refractivity contribution in [2.75, 3.05) is 5.32 Å². The number of aromatic nitrogens is 1. The predicted octanol–water partition coefficient (Wildman–Crippen LogP) is 2.93. The van der Waals surface area contributed by atoms with Crippen molar-refractivity contribution in [3.8, 4) is 0 Å². The van der Waals surface area contributed by atoms with Crippen LogP contribution in [0.15, 0.2) is 44.0 Å². The van der Waals surface area contributed by atoms with E-state index >= 15 is 0 Å². The fourth-order valence-corrected chi connectivity index (χ4v) is 2.16. The van der Waals surface area contributed by atoms with Crippen molar-refractivity contribution in [2.45, 2.75) is 6.54 Å². The lowest BCUT2D eigenvalue weighted by atomic mass is 10.3. The summed E-state index contributed by atoms with van der Waals surface area (Å²) < 4.78 is 11.2. The van der Waals surface area contributed by atoms with Crippen LogP contribution in [0.2, 0.25) is 0 Å². The molecular weight excluding hydrogens is 347 g/mol. The first-order valence-electron chi connectivity index (χ1n) is 5.32. The minimum atomic E-state index is -0.442. The molecule has 0 bridgehead atoms. The number of nitrogens with one attached hydrogen (secondary N) is 2. The fraction of sp³-hybridized carbons (Fsp3) is 0.0833. The van der Waals surface area contributed by atoms with E-state index in [0.717, 1.165) is 15.2 Å². The van der Waals surface area contributed by atoms with E-state index in [0.29, 0.717) is 17.6 Å². The predicted molar refractivity (Wildman–Crippen MR) is 75.6 cm³/mol. The fourth-order valence-electron chi connectivity index (χ4n) is 1.70. The normalized spacial score (nSPS) is 10.9. The number of hydrogen-bond acceptors (Lipinski definition) is 4. The van der Waals surface area contributed by atoms with Crippen LogP contribution in [0, 0.1) is 3.77 Å². The average molecular weight is 356 g/mol. The highest BCUT2D eigenvalue weighted by Crippen LogP contribution is 2.17. The summed E-state index contributed by atoms with van der Waals surface area (Å²) in [4.78, 5) is 13.6. The minimum Gasteiger partial charge on any atom is -0.454 e. The van der Waals surface area contributed by atoms with Gasteiger partial charge in [0.25, 0.3) is 0 Å². The van der Waals surface area contributed by atoms with Crippen LogP contribution >= 0.6 is 22.6 Å². The standard InChI is InChI=1S/C12H9IN2O3/c13-11-4-2-8(17-11)6-14-7-1-3-10-9(5-7)15-12(16)18-10/h1-5,14H,6H2,(H,15,16). The van der Waals surface area contributed by atoms with Crippen LogP contribution in [0.1, 0.15) is 5.76 Å². The Morgan fingerprint density at radius 3 is 2.89 bits per heavy atom. The molecule has 3 rings (SSSR count). The topological polar surface area (TPSA) is 71.2 Å². The number of H-pyrrole nitrogens is 1. The molecule has 0 spiro atoms. The maximum Gasteiger partial charge on any atom is 0.417 e. The number of oxazole rings is 1. The molecule has 0 amide bonds. The van der Waals surface area contributed by atoms with Gasteiger partial charge in [-0.05, 0) is 52.9 Å². The second kappa shape index (κ2) is 4.52. The maximum atomic E-state index is 11.0. The minimum absolute atomic E-state index is 0.442. The molecule has 0 fully saturated rings. The largest absolute Gasteiger partial charge is 0.454 e. The number of anilines is 1. The van der Waals surface area contributed by atoms with Crippen LogP contribution in [-0.2, 0) is 6.54 Å². The van der Waals surface area contributed by atoms with Crippen molar-refractivity contribution in [3.63, 3.8) is 0 Å². The molecule has 6 heteroatoms. The van der Waals surface area contributed by atoms with Crippen molar-refractivity contribution in [2.24, 2.45) is 0 Å². The summed E-state index contributed by atoms with van der Waals surface area (Å²) in [7, 11) is 0. The Hall–Kier alpha value is -1.70. The van der Waals surface area contributed by atoms with Gasteiger partial charge in [-0.2, -0.15) is 0 Å². The van der Waals surface area contributed by atoms with E-state index in [2.05, 4.69) is 32.9 Å². The highest BCUT2D eigenvalue weighted by molar-refractivity contribution is 14.1. The molecule has 0 saturated carbocycles. The third-order valence-corrected chi connectivity index (χ3v) is 3.09. The molecule has 0 aliphatic carbocycles. The van der Waals surface area contributed by atoms with Gasteiger partial charge in [-0.15, -0.1) is 0 Å². The van der Waals surface area contributed by atoms with Gasteiger partial charge >= 0.3 is 5.76 Å². The zero-order chi connectivity index (χ0) is 12.5. The molecule has 2 heterocycles. The quantitative estimate of drug-likeness (QED) is 0.708. The van der Waals surface area contributed by atoms with Gasteiger partial charge in [-0.3, -0.25) is 4.98 Å². The van der Waals surface area contributed by atoms with Crippen molar-refractivity contribution in [3.05, 3.63) is 50.4 Å². The molecule has 2 aromatic heterocycles. The van der Waals surface area contributed by atoms with Crippen LogP contribution in [-0.4, -0.2) is 4.98 Å². The third-order valence-electron chi connectivity index (χ3n) is 2.51. The van der Waals surface area contributed by atoms with Crippen LogP contribution in [0.5, 0.6) is 0 Å². The molecular formula is C12H9IN2O3. The molecule has 0 unspecified atom stereocenters. The zero-order valence-electron chi connectivity index (χ0n) is 9.20. The van der Waals surface area contributed by atoms with E-state index < -0.39 is 5.76 Å². The summed E-state index contributed by atoms with van der Waals surface area (Å²) in [5, 5.41) is 3.21. The van der Waals surface area contributed by atoms with Crippen LogP contribution in [0.25, 0.3) is 11.1 Å². The summed E-state index contributed by atoms with van der Waals surface area (Å²) in [6.45, 7) is 0.594. The summed E-state index contributed by atoms with van der Waals surface area (Å²) in [5.74, 6) is 0.419. The van der Waals surface area contributed by atoms with Crippen LogP contribution in [0.4, 0.5) is 5.69 Å². The lowest BCUT2D eigenvalue weighted by Gasteiger charge is -2.03. The molecule has 0 radical (unpaired) electrons. The van der Waals surface area contributed by atoms with Crippen molar-refractivity contribution in [1.29, 1.82) is 0 Å². The van der Waals surface area contributed by atoms with Gasteiger partial charge in [-0.25, -0.2) is 4.79 Å². The van der Waals surface area contributed by atoms with Gasteiger partial charge in [0.2, 0.25) is 0 Å². The van der Waals surface area contributed by atoms with Gasteiger partial charge in [0.05, 0.1) is 12.1 Å². The first kappa shape index (κ1) is 11.4. The Kier molecular flexibility index (Phi) is 2.86. The molecule has 18 heavy (non-hydrogen) atoms. The average Bonchev–Trinajstić information content (AvgIpc) is 2.90. The Balaban J connectivity index is 1.80. The third kappa shape index (κ3) is 2.28. The van der Waals surface area contributed by atoms with Gasteiger partial charge in [0, 0.05) is 5.69 Å². The first-order valence-corrected chi connectivity index (χ1v) is 6.39. The van der Waals surface area contributed by atoms with Crippen LogP contribution in [0.3, 0.4) is 0 Å². The summed E-state index contributed by atoms with van der Waals surface area (Å²) in [6.07, 6.45) is 0. The van der Waals surface area contributed by atoms with E-state index in [1.807, 2.05) is 24.3 Å². The number of hydrogen-bond donors (Lipinski definition) is 2. The van der Waals surface area contributed by atoms with E-state index in [1.54, 1.807) is 6.07 Å². The maximum absolute atomic E-state index is 11.0. The SMILES string of the molecule is O=c1[nH]c2cc(NCc3ccc(I)o3)ccc2o1. The number of fused-ring (bicyclic) bond motifs is 1. The Bertz CT molecular complexity index is 741. The highest BCUT2D eigenvalue weighted by atomic mass is 127. The lowest BCUT2D eigenvalue weighted by Crippen LogP contribution is -1.97. The molecule has 3 aromatic rings. The first-order chi connectivity index (χ1) is 8.70. The number of halogens is 1. The lowest BCUT2D eigenvalue weighted by molar-refractivity contribution is 0.493. The van der Waals surface area contributed by atoms with Crippen LogP contribution < -0.4 is 11.1 Å². The monoisotopic (exact) mass is 356 g/mol. The molecule has 1 aromatic carbocycles. The van der Waals surface area contributed by atoms with Gasteiger partial charge in [0.15, 0.2) is 9.35 Å². The Labute approximate surface area is 115 Å². The molecule has 0 aliphatic heterocycles. The summed E-state index contributed by atoms with van der Waals surface area (Å²) in [6, 6.07) is 9.27. The molecule has 0 saturated heterocycles. The summed E-state index contributed by atoms with van der Waals surface area (Å²) >= 11 is 2.12. The second-order valence-corrected chi connectivity index (χ2v) is 4.85. The Morgan fingerprint density at radius 2 is 2.11 bits per heavy atom. The molecule has 0 atom stereocenters. The zero-order valence-corrected chi connectivity index (χ0v) is 11.4. The molecule has 92 valence electrons. The smallest absolute Gasteiger partial charge is 0.417 e. The molecule has 5 nitrogen and oxygen atoms in total. The van der Waals surface area contributed by atoms with Gasteiger partial charge < -0.3 is 14.2 Å². The van der Waals surface area contributed by atoms with Gasteiger partial charge in [0.1, 0.15) is 5.76 Å². The number of benzene rings is 1. The van der Waals surface area contributed by atoms with E-state index in [4.69, 9.17) is 8.83 Å².